The van der Waals surface area contributed by atoms with Crippen LogP contribution in [0.15, 0.2) is 12.7 Å². The van der Waals surface area contributed by atoms with E-state index in [4.69, 9.17) is 9.84 Å². The lowest BCUT2D eigenvalue weighted by molar-refractivity contribution is -0.137. The van der Waals surface area contributed by atoms with E-state index in [1.165, 1.54) is 0 Å². The summed E-state index contributed by atoms with van der Waals surface area (Å²) in [4.78, 5) is 10.5. The maximum absolute atomic E-state index is 10.5. The van der Waals surface area contributed by atoms with Crippen LogP contribution in [0.5, 0.6) is 0 Å². The van der Waals surface area contributed by atoms with Crippen molar-refractivity contribution in [2.75, 3.05) is 0 Å². The average Bonchev–Trinajstić information content (AvgIpc) is 2.25. The van der Waals surface area contributed by atoms with Crippen molar-refractivity contribution in [1.29, 1.82) is 0 Å². The molecule has 0 aromatic rings. The average molecular weight is 240 g/mol. The van der Waals surface area contributed by atoms with Crippen LogP contribution in [0.3, 0.4) is 0 Å². The van der Waals surface area contributed by atoms with Crippen molar-refractivity contribution >= 4 is 5.97 Å². The molecule has 1 fully saturated rings. The molecule has 0 spiro atoms. The summed E-state index contributed by atoms with van der Waals surface area (Å²) in [5.41, 5.74) is 0. The Morgan fingerprint density at radius 1 is 1.53 bits per heavy atom. The van der Waals surface area contributed by atoms with Crippen LogP contribution in [0.4, 0.5) is 0 Å². The zero-order chi connectivity index (χ0) is 12.8. The molecular weight excluding hydrogens is 216 g/mol. The largest absolute Gasteiger partial charge is 0.481 e. The van der Waals surface area contributed by atoms with Crippen LogP contribution in [0, 0.1) is 11.8 Å². The van der Waals surface area contributed by atoms with E-state index in [0.29, 0.717) is 18.3 Å². The van der Waals surface area contributed by atoms with E-state index in [2.05, 4.69) is 20.4 Å². The second-order valence-electron chi connectivity index (χ2n) is 5.18. The van der Waals surface area contributed by atoms with E-state index in [0.717, 1.165) is 19.3 Å². The smallest absolute Gasteiger partial charge is 0.303 e. The van der Waals surface area contributed by atoms with Crippen molar-refractivity contribution in [1.82, 2.24) is 0 Å². The second-order valence-corrected chi connectivity index (χ2v) is 5.18. The molecule has 0 bridgehead atoms. The molecule has 0 aliphatic carbocycles. The van der Waals surface area contributed by atoms with Crippen LogP contribution in [-0.4, -0.2) is 23.3 Å². The number of carboxylic acids is 1. The monoisotopic (exact) mass is 240 g/mol. The third-order valence-corrected chi connectivity index (χ3v) is 3.80. The first kappa shape index (κ1) is 14.2. The molecule has 0 saturated carbocycles. The Hall–Kier alpha value is -0.830. The summed E-state index contributed by atoms with van der Waals surface area (Å²) in [5, 5.41) is 8.62. The highest BCUT2D eigenvalue weighted by Gasteiger charge is 2.32. The maximum atomic E-state index is 10.5. The number of aliphatic carboxylic acids is 1. The number of carboxylic acid groups (broad SMARTS) is 1. The number of carbonyl (C=O) groups is 1. The van der Waals surface area contributed by atoms with Crippen LogP contribution in [0.1, 0.15) is 46.0 Å². The lowest BCUT2D eigenvalue weighted by atomic mass is 9.81. The number of hydrogen-bond acceptors (Lipinski definition) is 2. The van der Waals surface area contributed by atoms with Gasteiger partial charge < -0.3 is 9.84 Å². The fraction of sp³-hybridized carbons (Fsp3) is 0.786. The standard InChI is InChI=1S/C14H24O3/c1-4-6-13-11(3)10(2)9-12(17-13)7-5-8-14(15)16/h4,10-13H,1,5-9H2,2-3H3,(H,15,16)/t10?,11?,12-,13-/m0/s1. The van der Waals surface area contributed by atoms with Crippen molar-refractivity contribution in [3.63, 3.8) is 0 Å². The van der Waals surface area contributed by atoms with Gasteiger partial charge in [0.1, 0.15) is 0 Å². The van der Waals surface area contributed by atoms with Gasteiger partial charge in [-0.15, -0.1) is 6.58 Å². The minimum absolute atomic E-state index is 0.227. The van der Waals surface area contributed by atoms with E-state index < -0.39 is 5.97 Å². The molecular formula is C14H24O3. The van der Waals surface area contributed by atoms with Gasteiger partial charge in [0.15, 0.2) is 0 Å². The summed E-state index contributed by atoms with van der Waals surface area (Å²) >= 11 is 0. The molecule has 1 N–H and O–H groups in total. The quantitative estimate of drug-likeness (QED) is 0.725. The van der Waals surface area contributed by atoms with Crippen LogP contribution < -0.4 is 0 Å². The SMILES string of the molecule is C=CC[C@@H]1O[C@@H](CCCC(=O)O)CC(C)C1C. The van der Waals surface area contributed by atoms with E-state index in [1.807, 2.05) is 6.08 Å². The van der Waals surface area contributed by atoms with Gasteiger partial charge in [-0.1, -0.05) is 19.9 Å². The zero-order valence-corrected chi connectivity index (χ0v) is 10.9. The third kappa shape index (κ3) is 4.50. The number of hydrogen-bond donors (Lipinski definition) is 1. The predicted octanol–water partition coefficient (Wildman–Crippen LogP) is 3.25. The normalized spacial score (nSPS) is 33.3. The molecule has 0 aromatic carbocycles. The lowest BCUT2D eigenvalue weighted by Gasteiger charge is -2.39. The topological polar surface area (TPSA) is 46.5 Å². The van der Waals surface area contributed by atoms with Crippen molar-refractivity contribution in [3.8, 4) is 0 Å². The van der Waals surface area contributed by atoms with Gasteiger partial charge in [0.25, 0.3) is 0 Å². The van der Waals surface area contributed by atoms with Gasteiger partial charge in [-0.3, -0.25) is 4.79 Å². The predicted molar refractivity (Wildman–Crippen MR) is 67.9 cm³/mol. The first-order valence-corrected chi connectivity index (χ1v) is 6.52. The van der Waals surface area contributed by atoms with Crippen molar-refractivity contribution in [2.24, 2.45) is 11.8 Å². The summed E-state index contributed by atoms with van der Waals surface area (Å²) in [6, 6.07) is 0. The zero-order valence-electron chi connectivity index (χ0n) is 10.9. The summed E-state index contributed by atoms with van der Waals surface area (Å²) in [5.74, 6) is 0.483. The number of rotatable bonds is 6. The fourth-order valence-corrected chi connectivity index (χ4v) is 2.52. The first-order chi connectivity index (χ1) is 8.04. The van der Waals surface area contributed by atoms with E-state index in [9.17, 15) is 4.79 Å². The molecule has 0 aromatic heterocycles. The Balaban J connectivity index is 2.40. The maximum Gasteiger partial charge on any atom is 0.303 e. The van der Waals surface area contributed by atoms with E-state index >= 15 is 0 Å². The van der Waals surface area contributed by atoms with Gasteiger partial charge in [0.05, 0.1) is 12.2 Å². The molecule has 3 heteroatoms. The highest BCUT2D eigenvalue weighted by atomic mass is 16.5. The molecule has 1 aliphatic rings. The minimum Gasteiger partial charge on any atom is -0.481 e. The molecule has 1 rings (SSSR count). The molecule has 1 heterocycles. The van der Waals surface area contributed by atoms with Crippen LogP contribution >= 0.6 is 0 Å². The van der Waals surface area contributed by atoms with Gasteiger partial charge >= 0.3 is 5.97 Å². The second kappa shape index (κ2) is 6.80. The van der Waals surface area contributed by atoms with Gasteiger partial charge in [0, 0.05) is 6.42 Å². The molecule has 2 unspecified atom stereocenters. The van der Waals surface area contributed by atoms with E-state index in [-0.39, 0.29) is 18.6 Å². The molecule has 17 heavy (non-hydrogen) atoms. The van der Waals surface area contributed by atoms with Crippen molar-refractivity contribution < 1.29 is 14.6 Å². The highest BCUT2D eigenvalue weighted by Crippen LogP contribution is 2.33. The lowest BCUT2D eigenvalue weighted by Crippen LogP contribution is -2.38. The molecule has 0 radical (unpaired) electrons. The highest BCUT2D eigenvalue weighted by molar-refractivity contribution is 5.66. The Labute approximate surface area is 104 Å². The molecule has 0 amide bonds. The molecule has 1 aliphatic heterocycles. The molecule has 1 saturated heterocycles. The van der Waals surface area contributed by atoms with Gasteiger partial charge in [-0.2, -0.15) is 0 Å². The first-order valence-electron chi connectivity index (χ1n) is 6.52. The fourth-order valence-electron chi connectivity index (χ4n) is 2.52. The van der Waals surface area contributed by atoms with E-state index in [1.54, 1.807) is 0 Å². The molecule has 4 atom stereocenters. The van der Waals surface area contributed by atoms with Crippen molar-refractivity contribution in [3.05, 3.63) is 12.7 Å². The number of ether oxygens (including phenoxy) is 1. The minimum atomic E-state index is -0.718. The summed E-state index contributed by atoms with van der Waals surface area (Å²) in [7, 11) is 0. The molecule has 3 nitrogen and oxygen atoms in total. The van der Waals surface area contributed by atoms with Crippen LogP contribution in [-0.2, 0) is 9.53 Å². The summed E-state index contributed by atoms with van der Waals surface area (Å²) in [6.45, 7) is 8.25. The van der Waals surface area contributed by atoms with Gasteiger partial charge in [-0.05, 0) is 37.5 Å². The Kier molecular flexibility index (Phi) is 5.69. The Bertz CT molecular complexity index is 262. The van der Waals surface area contributed by atoms with Gasteiger partial charge in [-0.25, -0.2) is 0 Å². The van der Waals surface area contributed by atoms with Crippen molar-refractivity contribution in [2.45, 2.75) is 58.2 Å². The third-order valence-electron chi connectivity index (χ3n) is 3.80. The summed E-state index contributed by atoms with van der Waals surface area (Å²) < 4.78 is 6.03. The van der Waals surface area contributed by atoms with Crippen LogP contribution in [0.25, 0.3) is 0 Å². The Morgan fingerprint density at radius 3 is 2.82 bits per heavy atom. The molecule has 98 valence electrons. The van der Waals surface area contributed by atoms with Gasteiger partial charge in [0.2, 0.25) is 0 Å². The Morgan fingerprint density at radius 2 is 2.24 bits per heavy atom. The summed E-state index contributed by atoms with van der Waals surface area (Å²) in [6.07, 6.45) is 6.15. The van der Waals surface area contributed by atoms with Crippen LogP contribution in [0.2, 0.25) is 0 Å².